The first kappa shape index (κ1) is 15.7. The zero-order valence-corrected chi connectivity index (χ0v) is 13.6. The number of aromatic amines is 1. The zero-order chi connectivity index (χ0) is 17.9. The van der Waals surface area contributed by atoms with E-state index in [4.69, 9.17) is 0 Å². The Labute approximate surface area is 148 Å². The number of benzene rings is 1. The van der Waals surface area contributed by atoms with Gasteiger partial charge in [0.25, 0.3) is 5.91 Å². The number of nitrogens with zero attached hydrogens (tertiary/aromatic N) is 2. The van der Waals surface area contributed by atoms with Crippen LogP contribution in [0, 0.1) is 0 Å². The Morgan fingerprint density at radius 2 is 1.92 bits per heavy atom. The number of carbonyl (C=O) groups excluding carboxylic acids is 2. The molecule has 2 N–H and O–H groups in total. The van der Waals surface area contributed by atoms with Crippen molar-refractivity contribution in [3.63, 3.8) is 0 Å². The van der Waals surface area contributed by atoms with Crippen LogP contribution >= 0.6 is 0 Å². The average Bonchev–Trinajstić information content (AvgIpc) is 3.12. The lowest BCUT2D eigenvalue weighted by Crippen LogP contribution is -2.13. The van der Waals surface area contributed by atoms with E-state index in [1.165, 1.54) is 0 Å². The summed E-state index contributed by atoms with van der Waals surface area (Å²) < 4.78 is 0. The summed E-state index contributed by atoms with van der Waals surface area (Å²) in [5.41, 5.74) is 3.93. The summed E-state index contributed by atoms with van der Waals surface area (Å²) in [6.45, 7) is 0. The molecule has 6 heteroatoms. The van der Waals surface area contributed by atoms with Gasteiger partial charge in [-0.3, -0.25) is 19.6 Å². The standard InChI is InChI=1S/C20H14N4O2/c25-12-13-3-5-14(6-4-13)24-20(26)15-2-1-8-22-19(15)17-11-23-18-7-9-21-10-16(17)18/h1-12,23H,(H,24,26). The van der Waals surface area contributed by atoms with Gasteiger partial charge in [0.2, 0.25) is 0 Å². The lowest BCUT2D eigenvalue weighted by Gasteiger charge is -2.09. The molecule has 0 saturated heterocycles. The largest absolute Gasteiger partial charge is 0.360 e. The highest BCUT2D eigenvalue weighted by molar-refractivity contribution is 6.10. The molecule has 4 rings (SSSR count). The zero-order valence-electron chi connectivity index (χ0n) is 13.6. The molecule has 3 aromatic heterocycles. The van der Waals surface area contributed by atoms with E-state index in [2.05, 4.69) is 20.3 Å². The molecule has 26 heavy (non-hydrogen) atoms. The molecule has 6 nitrogen and oxygen atoms in total. The van der Waals surface area contributed by atoms with Gasteiger partial charge in [0.15, 0.2) is 0 Å². The molecular weight excluding hydrogens is 328 g/mol. The van der Waals surface area contributed by atoms with Gasteiger partial charge >= 0.3 is 0 Å². The molecule has 0 saturated carbocycles. The summed E-state index contributed by atoms with van der Waals surface area (Å²) in [7, 11) is 0. The molecule has 0 fully saturated rings. The molecule has 0 radical (unpaired) electrons. The Morgan fingerprint density at radius 1 is 1.08 bits per heavy atom. The van der Waals surface area contributed by atoms with E-state index < -0.39 is 0 Å². The molecule has 0 unspecified atom stereocenters. The fourth-order valence-electron chi connectivity index (χ4n) is 2.81. The van der Waals surface area contributed by atoms with Crippen LogP contribution in [0.5, 0.6) is 0 Å². The van der Waals surface area contributed by atoms with Gasteiger partial charge in [-0.15, -0.1) is 0 Å². The first-order valence-corrected chi connectivity index (χ1v) is 7.99. The van der Waals surface area contributed by atoms with Crippen molar-refractivity contribution in [2.75, 3.05) is 5.32 Å². The topological polar surface area (TPSA) is 87.7 Å². The predicted molar refractivity (Wildman–Crippen MR) is 99.1 cm³/mol. The van der Waals surface area contributed by atoms with E-state index in [9.17, 15) is 9.59 Å². The number of carbonyl (C=O) groups is 2. The highest BCUT2D eigenvalue weighted by atomic mass is 16.1. The van der Waals surface area contributed by atoms with E-state index in [-0.39, 0.29) is 5.91 Å². The molecule has 0 aliphatic carbocycles. The highest BCUT2D eigenvalue weighted by Crippen LogP contribution is 2.29. The van der Waals surface area contributed by atoms with Crippen molar-refractivity contribution >= 4 is 28.8 Å². The summed E-state index contributed by atoms with van der Waals surface area (Å²) in [6, 6.07) is 12.0. The summed E-state index contributed by atoms with van der Waals surface area (Å²) in [5, 5.41) is 3.74. The maximum atomic E-state index is 12.8. The minimum atomic E-state index is -0.273. The molecule has 0 bridgehead atoms. The lowest BCUT2D eigenvalue weighted by molar-refractivity contribution is 0.102. The van der Waals surface area contributed by atoms with Crippen molar-refractivity contribution in [1.82, 2.24) is 15.0 Å². The van der Waals surface area contributed by atoms with Gasteiger partial charge in [-0.2, -0.15) is 0 Å². The molecule has 0 aliphatic heterocycles. The van der Waals surface area contributed by atoms with E-state index in [0.29, 0.717) is 22.5 Å². The molecule has 4 aromatic rings. The van der Waals surface area contributed by atoms with E-state index >= 15 is 0 Å². The molecule has 0 spiro atoms. The monoisotopic (exact) mass is 342 g/mol. The van der Waals surface area contributed by atoms with Gasteiger partial charge in [-0.05, 0) is 42.5 Å². The fraction of sp³-hybridized carbons (Fsp3) is 0. The normalized spacial score (nSPS) is 10.6. The molecule has 126 valence electrons. The van der Waals surface area contributed by atoms with Crippen molar-refractivity contribution in [3.05, 3.63) is 78.4 Å². The predicted octanol–water partition coefficient (Wildman–Crippen LogP) is 3.69. The van der Waals surface area contributed by atoms with Gasteiger partial charge in [0, 0.05) is 52.5 Å². The van der Waals surface area contributed by atoms with Crippen molar-refractivity contribution in [2.24, 2.45) is 0 Å². The minimum Gasteiger partial charge on any atom is -0.360 e. The molecule has 3 heterocycles. The van der Waals surface area contributed by atoms with Crippen molar-refractivity contribution < 1.29 is 9.59 Å². The molecule has 1 aromatic carbocycles. The quantitative estimate of drug-likeness (QED) is 0.554. The van der Waals surface area contributed by atoms with Gasteiger partial charge in [0.05, 0.1) is 11.3 Å². The number of nitrogens with one attached hydrogen (secondary N) is 2. The molecule has 0 aliphatic rings. The van der Waals surface area contributed by atoms with Crippen LogP contribution in [0.1, 0.15) is 20.7 Å². The van der Waals surface area contributed by atoms with Crippen molar-refractivity contribution in [2.45, 2.75) is 0 Å². The Kier molecular flexibility index (Phi) is 3.99. The summed E-state index contributed by atoms with van der Waals surface area (Å²) in [6.07, 6.45) is 7.69. The van der Waals surface area contributed by atoms with E-state index in [1.54, 1.807) is 55.0 Å². The highest BCUT2D eigenvalue weighted by Gasteiger charge is 2.17. The van der Waals surface area contributed by atoms with Crippen LogP contribution in [0.4, 0.5) is 5.69 Å². The minimum absolute atomic E-state index is 0.273. The van der Waals surface area contributed by atoms with Crippen LogP contribution in [-0.4, -0.2) is 27.1 Å². The molecular formula is C20H14N4O2. The van der Waals surface area contributed by atoms with Crippen LogP contribution in [0.25, 0.3) is 22.2 Å². The second kappa shape index (κ2) is 6.60. The van der Waals surface area contributed by atoms with Gasteiger partial charge in [-0.25, -0.2) is 0 Å². The number of anilines is 1. The summed E-state index contributed by atoms with van der Waals surface area (Å²) >= 11 is 0. The smallest absolute Gasteiger partial charge is 0.257 e. The lowest BCUT2D eigenvalue weighted by atomic mass is 10.1. The number of aromatic nitrogens is 3. The fourth-order valence-corrected chi connectivity index (χ4v) is 2.81. The molecule has 0 atom stereocenters. The number of H-pyrrole nitrogens is 1. The second-order valence-electron chi connectivity index (χ2n) is 5.72. The van der Waals surface area contributed by atoms with Crippen molar-refractivity contribution in [1.29, 1.82) is 0 Å². The Morgan fingerprint density at radius 3 is 2.73 bits per heavy atom. The summed E-state index contributed by atoms with van der Waals surface area (Å²) in [5.74, 6) is -0.273. The maximum Gasteiger partial charge on any atom is 0.257 e. The number of hydrogen-bond acceptors (Lipinski definition) is 4. The third kappa shape index (κ3) is 2.84. The van der Waals surface area contributed by atoms with Crippen LogP contribution < -0.4 is 5.32 Å². The first-order chi connectivity index (χ1) is 12.8. The van der Waals surface area contributed by atoms with Crippen molar-refractivity contribution in [3.8, 4) is 11.3 Å². The van der Waals surface area contributed by atoms with Gasteiger partial charge in [-0.1, -0.05) is 0 Å². The third-order valence-corrected chi connectivity index (χ3v) is 4.10. The number of rotatable bonds is 4. The number of hydrogen-bond donors (Lipinski definition) is 2. The van der Waals surface area contributed by atoms with Gasteiger partial charge in [0.1, 0.15) is 6.29 Å². The Hall–Kier alpha value is -3.80. The SMILES string of the molecule is O=Cc1ccc(NC(=O)c2cccnc2-c2c[nH]c3ccncc23)cc1. The number of fused-ring (bicyclic) bond motifs is 1. The maximum absolute atomic E-state index is 12.8. The first-order valence-electron chi connectivity index (χ1n) is 7.99. The van der Waals surface area contributed by atoms with E-state index in [1.807, 2.05) is 12.3 Å². The van der Waals surface area contributed by atoms with Crippen LogP contribution in [-0.2, 0) is 0 Å². The van der Waals surface area contributed by atoms with Crippen LogP contribution in [0.2, 0.25) is 0 Å². The van der Waals surface area contributed by atoms with E-state index in [0.717, 1.165) is 22.8 Å². The second-order valence-corrected chi connectivity index (χ2v) is 5.72. The number of pyridine rings is 2. The van der Waals surface area contributed by atoms with Crippen LogP contribution in [0.15, 0.2) is 67.3 Å². The number of aldehydes is 1. The third-order valence-electron chi connectivity index (χ3n) is 4.10. The summed E-state index contributed by atoms with van der Waals surface area (Å²) in [4.78, 5) is 35.2. The number of amides is 1. The van der Waals surface area contributed by atoms with Crippen LogP contribution in [0.3, 0.4) is 0 Å². The molecule has 1 amide bonds. The Bertz CT molecular complexity index is 1100. The van der Waals surface area contributed by atoms with Gasteiger partial charge < -0.3 is 10.3 Å². The Balaban J connectivity index is 1.71. The average molecular weight is 342 g/mol.